The molecule has 0 radical (unpaired) electrons. The molecular formula is C19H16FNO. The highest BCUT2D eigenvalue weighted by molar-refractivity contribution is 5.94. The lowest BCUT2D eigenvalue weighted by atomic mass is 10.0. The summed E-state index contributed by atoms with van der Waals surface area (Å²) in [6.07, 6.45) is 0. The van der Waals surface area contributed by atoms with Gasteiger partial charge in [-0.1, -0.05) is 36.4 Å². The van der Waals surface area contributed by atoms with E-state index >= 15 is 0 Å². The molecule has 3 rings (SSSR count). The Bertz CT molecular complexity index is 811. The maximum atomic E-state index is 12.9. The van der Waals surface area contributed by atoms with Gasteiger partial charge in [-0.2, -0.15) is 0 Å². The number of amides is 1. The van der Waals surface area contributed by atoms with Crippen molar-refractivity contribution < 1.29 is 9.18 Å². The minimum Gasteiger partial charge on any atom is -0.346 e. The SMILES string of the molecule is C[C@@H](NC(=O)c1ccc(F)cc1)c1ccc2ccccc2c1. The normalized spacial score (nSPS) is 12.1. The van der Waals surface area contributed by atoms with E-state index in [-0.39, 0.29) is 17.8 Å². The van der Waals surface area contributed by atoms with Crippen LogP contribution in [0.15, 0.2) is 66.7 Å². The van der Waals surface area contributed by atoms with Crippen LogP contribution in [0, 0.1) is 5.82 Å². The van der Waals surface area contributed by atoms with E-state index < -0.39 is 0 Å². The van der Waals surface area contributed by atoms with E-state index in [0.717, 1.165) is 10.9 Å². The predicted octanol–water partition coefficient (Wildman–Crippen LogP) is 4.47. The minimum atomic E-state index is -0.348. The zero-order chi connectivity index (χ0) is 15.5. The lowest BCUT2D eigenvalue weighted by molar-refractivity contribution is 0.0940. The van der Waals surface area contributed by atoms with Crippen LogP contribution in [-0.2, 0) is 0 Å². The maximum Gasteiger partial charge on any atom is 0.251 e. The van der Waals surface area contributed by atoms with Gasteiger partial charge in [0.05, 0.1) is 6.04 Å². The summed E-state index contributed by atoms with van der Waals surface area (Å²) < 4.78 is 12.9. The van der Waals surface area contributed by atoms with Gasteiger partial charge in [-0.3, -0.25) is 4.79 Å². The third kappa shape index (κ3) is 2.98. The Hall–Kier alpha value is -2.68. The summed E-state index contributed by atoms with van der Waals surface area (Å²) in [4.78, 5) is 12.2. The monoisotopic (exact) mass is 293 g/mol. The lowest BCUT2D eigenvalue weighted by Gasteiger charge is -2.15. The molecule has 2 nitrogen and oxygen atoms in total. The molecule has 0 fully saturated rings. The van der Waals surface area contributed by atoms with Gasteiger partial charge in [0.15, 0.2) is 0 Å². The largest absolute Gasteiger partial charge is 0.346 e. The van der Waals surface area contributed by atoms with Crippen LogP contribution in [-0.4, -0.2) is 5.91 Å². The molecule has 0 spiro atoms. The van der Waals surface area contributed by atoms with E-state index in [1.54, 1.807) is 0 Å². The average molecular weight is 293 g/mol. The molecule has 22 heavy (non-hydrogen) atoms. The second-order valence-electron chi connectivity index (χ2n) is 5.31. The van der Waals surface area contributed by atoms with Gasteiger partial charge in [0.2, 0.25) is 0 Å². The van der Waals surface area contributed by atoms with E-state index in [1.165, 1.54) is 29.7 Å². The van der Waals surface area contributed by atoms with Gasteiger partial charge in [0.1, 0.15) is 5.82 Å². The molecule has 3 aromatic rings. The first-order valence-electron chi connectivity index (χ1n) is 7.18. The summed E-state index contributed by atoms with van der Waals surface area (Å²) in [5.74, 6) is -0.556. The van der Waals surface area contributed by atoms with Crippen LogP contribution < -0.4 is 5.32 Å². The minimum absolute atomic E-state index is 0.123. The maximum absolute atomic E-state index is 12.9. The van der Waals surface area contributed by atoms with Crippen LogP contribution in [0.2, 0.25) is 0 Å². The number of hydrogen-bond acceptors (Lipinski definition) is 1. The van der Waals surface area contributed by atoms with E-state index in [2.05, 4.69) is 17.4 Å². The van der Waals surface area contributed by atoms with Gasteiger partial charge < -0.3 is 5.32 Å². The molecule has 0 aliphatic rings. The molecule has 0 heterocycles. The number of carbonyl (C=O) groups excluding carboxylic acids is 1. The van der Waals surface area contributed by atoms with Crippen LogP contribution >= 0.6 is 0 Å². The number of benzene rings is 3. The number of carbonyl (C=O) groups is 1. The fourth-order valence-electron chi connectivity index (χ4n) is 2.44. The van der Waals surface area contributed by atoms with E-state index in [9.17, 15) is 9.18 Å². The van der Waals surface area contributed by atoms with Crippen LogP contribution in [0.4, 0.5) is 4.39 Å². The van der Waals surface area contributed by atoms with Crippen molar-refractivity contribution in [2.45, 2.75) is 13.0 Å². The fourth-order valence-corrected chi connectivity index (χ4v) is 2.44. The molecule has 3 aromatic carbocycles. The van der Waals surface area contributed by atoms with Crippen molar-refractivity contribution in [1.29, 1.82) is 0 Å². The molecule has 0 bridgehead atoms. The molecule has 3 heteroatoms. The summed E-state index contributed by atoms with van der Waals surface area (Å²) >= 11 is 0. The van der Waals surface area contributed by atoms with Crippen LogP contribution in [0.5, 0.6) is 0 Å². The summed E-state index contributed by atoms with van der Waals surface area (Å²) in [5.41, 5.74) is 1.49. The number of halogens is 1. The molecule has 0 aliphatic carbocycles. The Morgan fingerprint density at radius 3 is 2.36 bits per heavy atom. The van der Waals surface area contributed by atoms with Crippen molar-refractivity contribution in [1.82, 2.24) is 5.32 Å². The van der Waals surface area contributed by atoms with E-state index in [1.807, 2.05) is 37.3 Å². The molecule has 0 saturated heterocycles. The molecule has 1 atom stereocenters. The number of fused-ring (bicyclic) bond motifs is 1. The summed E-state index contributed by atoms with van der Waals surface area (Å²) in [7, 11) is 0. The summed E-state index contributed by atoms with van der Waals surface area (Å²) in [6.45, 7) is 1.94. The van der Waals surface area contributed by atoms with Gasteiger partial charge in [-0.05, 0) is 53.6 Å². The van der Waals surface area contributed by atoms with Crippen LogP contribution in [0.25, 0.3) is 10.8 Å². The lowest BCUT2D eigenvalue weighted by Crippen LogP contribution is -2.26. The Morgan fingerprint density at radius 2 is 1.64 bits per heavy atom. The number of nitrogens with one attached hydrogen (secondary N) is 1. The molecule has 0 unspecified atom stereocenters. The number of rotatable bonds is 3. The molecular weight excluding hydrogens is 277 g/mol. The van der Waals surface area contributed by atoms with Crippen molar-refractivity contribution in [2.24, 2.45) is 0 Å². The Morgan fingerprint density at radius 1 is 0.955 bits per heavy atom. The zero-order valence-corrected chi connectivity index (χ0v) is 12.2. The second kappa shape index (κ2) is 5.98. The Labute approximate surface area is 128 Å². The third-order valence-corrected chi connectivity index (χ3v) is 3.73. The van der Waals surface area contributed by atoms with Gasteiger partial charge in [0, 0.05) is 5.56 Å². The Balaban J connectivity index is 1.79. The molecule has 0 aromatic heterocycles. The first-order valence-corrected chi connectivity index (χ1v) is 7.18. The van der Waals surface area contributed by atoms with Crippen molar-refractivity contribution in [3.8, 4) is 0 Å². The van der Waals surface area contributed by atoms with Gasteiger partial charge in [0.25, 0.3) is 5.91 Å². The Kier molecular flexibility index (Phi) is 3.88. The highest BCUT2D eigenvalue weighted by Gasteiger charge is 2.11. The molecule has 110 valence electrons. The van der Waals surface area contributed by atoms with Crippen LogP contribution in [0.1, 0.15) is 28.9 Å². The van der Waals surface area contributed by atoms with E-state index in [4.69, 9.17) is 0 Å². The van der Waals surface area contributed by atoms with Crippen molar-refractivity contribution in [2.75, 3.05) is 0 Å². The first kappa shape index (κ1) is 14.3. The van der Waals surface area contributed by atoms with E-state index in [0.29, 0.717) is 5.56 Å². The van der Waals surface area contributed by atoms with Gasteiger partial charge >= 0.3 is 0 Å². The quantitative estimate of drug-likeness (QED) is 0.758. The molecule has 1 N–H and O–H groups in total. The molecule has 1 amide bonds. The highest BCUT2D eigenvalue weighted by atomic mass is 19.1. The topological polar surface area (TPSA) is 29.1 Å². The van der Waals surface area contributed by atoms with Crippen molar-refractivity contribution >= 4 is 16.7 Å². The van der Waals surface area contributed by atoms with Crippen molar-refractivity contribution in [3.05, 3.63) is 83.7 Å². The average Bonchev–Trinajstić information content (AvgIpc) is 2.55. The third-order valence-electron chi connectivity index (χ3n) is 3.73. The smallest absolute Gasteiger partial charge is 0.251 e. The highest BCUT2D eigenvalue weighted by Crippen LogP contribution is 2.20. The fraction of sp³-hybridized carbons (Fsp3) is 0.105. The molecule has 0 saturated carbocycles. The first-order chi connectivity index (χ1) is 10.6. The summed E-state index contributed by atoms with van der Waals surface area (Å²) in [6, 6.07) is 19.7. The van der Waals surface area contributed by atoms with Gasteiger partial charge in [-0.25, -0.2) is 4.39 Å². The summed E-state index contributed by atoms with van der Waals surface area (Å²) in [5, 5.41) is 5.25. The van der Waals surface area contributed by atoms with Crippen molar-refractivity contribution in [3.63, 3.8) is 0 Å². The van der Waals surface area contributed by atoms with Gasteiger partial charge in [-0.15, -0.1) is 0 Å². The van der Waals surface area contributed by atoms with Crippen LogP contribution in [0.3, 0.4) is 0 Å². The number of hydrogen-bond donors (Lipinski definition) is 1. The standard InChI is InChI=1S/C19H16FNO/c1-13(21-19(22)15-8-10-18(20)11-9-15)16-7-6-14-4-2-3-5-17(14)12-16/h2-13H,1H3,(H,21,22)/t13-/m1/s1. The zero-order valence-electron chi connectivity index (χ0n) is 12.2. The predicted molar refractivity (Wildman–Crippen MR) is 86.2 cm³/mol. The second-order valence-corrected chi connectivity index (χ2v) is 5.31. The molecule has 0 aliphatic heterocycles.